The predicted octanol–water partition coefficient (Wildman–Crippen LogP) is 8.14. The Morgan fingerprint density at radius 2 is 1.32 bits per heavy atom. The van der Waals surface area contributed by atoms with E-state index in [0.29, 0.717) is 32.7 Å². The number of nitrogens with zero attached hydrogens (tertiary/aromatic N) is 2. The fourth-order valence-corrected chi connectivity index (χ4v) is 10.6. The van der Waals surface area contributed by atoms with Crippen LogP contribution in [-0.2, 0) is 49.4 Å². The molecule has 0 radical (unpaired) electrons. The first-order valence-electron chi connectivity index (χ1n) is 24.4. The average molecular weight is 998 g/mol. The molecular formula is C55H71N3O14. The van der Waals surface area contributed by atoms with Gasteiger partial charge in [0, 0.05) is 108 Å². The minimum atomic E-state index is -2.08. The Bertz CT molecular complexity index is 2700. The van der Waals surface area contributed by atoms with Crippen molar-refractivity contribution in [1.29, 1.82) is 0 Å². The predicted molar refractivity (Wildman–Crippen MR) is 271 cm³/mol. The minimum absolute atomic E-state index is 0.0313. The third kappa shape index (κ3) is 11.1. The smallest absolute Gasteiger partial charge is 0.312 e. The molecule has 4 N–H and O–H groups in total. The fourth-order valence-electron chi connectivity index (χ4n) is 10.6. The minimum Gasteiger partial charge on any atom is -0.507 e. The largest absolute Gasteiger partial charge is 0.507 e. The molecule has 4 heterocycles. The van der Waals surface area contributed by atoms with Crippen molar-refractivity contribution < 1.29 is 67.7 Å². The number of phenols is 3. The van der Waals surface area contributed by atoms with Crippen molar-refractivity contribution in [3.05, 3.63) is 81.7 Å². The number of carbonyl (C=O) groups is 5. The van der Waals surface area contributed by atoms with E-state index in [-0.39, 0.29) is 44.6 Å². The van der Waals surface area contributed by atoms with E-state index in [9.17, 15) is 39.3 Å². The summed E-state index contributed by atoms with van der Waals surface area (Å²) in [5.41, 5.74) is 4.68. The zero-order valence-electron chi connectivity index (χ0n) is 43.9. The number of hydrogen-bond acceptors (Lipinski definition) is 16. The number of Topliss-reactive ketones (excluding diaryl/α,β-unsaturated/α-hetero) is 1. The molecule has 0 saturated carbocycles. The van der Waals surface area contributed by atoms with E-state index in [1.165, 1.54) is 82.4 Å². The Morgan fingerprint density at radius 3 is 1.89 bits per heavy atom. The molecule has 9 unspecified atom stereocenters. The Morgan fingerprint density at radius 1 is 0.764 bits per heavy atom. The molecule has 390 valence electrons. The number of carbonyl (C=O) groups excluding carboxylic acids is 5. The highest BCUT2D eigenvalue weighted by Crippen LogP contribution is 2.58. The third-order valence-electron chi connectivity index (χ3n) is 14.4. The van der Waals surface area contributed by atoms with Crippen LogP contribution in [0.5, 0.6) is 23.0 Å². The topological polar surface area (TPSA) is 220 Å². The summed E-state index contributed by atoms with van der Waals surface area (Å²) in [5.74, 6) is -9.60. The van der Waals surface area contributed by atoms with Crippen LogP contribution in [0.25, 0.3) is 10.8 Å². The van der Waals surface area contributed by atoms with Gasteiger partial charge in [-0.15, -0.1) is 0 Å². The zero-order chi connectivity index (χ0) is 53.3. The van der Waals surface area contributed by atoms with Crippen molar-refractivity contribution in [2.24, 2.45) is 23.7 Å². The van der Waals surface area contributed by atoms with Crippen molar-refractivity contribution in [3.63, 3.8) is 0 Å². The van der Waals surface area contributed by atoms with Crippen molar-refractivity contribution in [2.75, 3.05) is 43.5 Å². The number of piperazine rings is 1. The molecule has 3 aromatic carbocycles. The second-order valence-electron chi connectivity index (χ2n) is 19.9. The number of benzene rings is 3. The molecule has 3 aromatic rings. The first-order valence-corrected chi connectivity index (χ1v) is 24.4. The lowest BCUT2D eigenvalue weighted by Crippen LogP contribution is -2.49. The van der Waals surface area contributed by atoms with E-state index in [2.05, 4.69) is 43.1 Å². The number of rotatable bonds is 7. The second-order valence-corrected chi connectivity index (χ2v) is 19.9. The maximum absolute atomic E-state index is 14.8. The first-order chi connectivity index (χ1) is 33.8. The monoisotopic (exact) mass is 997 g/mol. The molecule has 72 heavy (non-hydrogen) atoms. The van der Waals surface area contributed by atoms with E-state index in [1.807, 2.05) is 4.90 Å². The Kier molecular flexibility index (Phi) is 16.8. The standard InChI is InChI=1S/C55H71N3O14/c1-27-24-30(4)39(31(5)25-27)26-57-19-21-58(22-20-57)45-44-47(63)42-41(48(45)64)43-52(33(7)46(42)62)72-55(13,53(43)65)68-23-18-40(67-14)32(6)50(70-37(11)60)35(9)51(71-38(12)61)34(8)49(69-36(10)59)28(2)16-15-17-29(3)54(66)56-44/h15-18,23-25,28,32,34-35,40,49-51,62-64H,19-22,26H2,1-14H3,(H,56,66)/b16-15+,23-18+,29-17-. The van der Waals surface area contributed by atoms with Gasteiger partial charge in [0.1, 0.15) is 46.9 Å². The molecule has 9 atom stereocenters. The van der Waals surface area contributed by atoms with Gasteiger partial charge in [0.05, 0.1) is 23.3 Å². The number of hydrogen-bond donors (Lipinski definition) is 4. The number of ether oxygens (including phenoxy) is 6. The number of methoxy groups -OCH3 is 1. The van der Waals surface area contributed by atoms with Gasteiger partial charge in [-0.05, 0) is 57.4 Å². The number of ketones is 1. The summed E-state index contributed by atoms with van der Waals surface area (Å²) >= 11 is 0. The summed E-state index contributed by atoms with van der Waals surface area (Å²) in [7, 11) is 1.44. The maximum atomic E-state index is 14.8. The molecule has 0 aromatic heterocycles. The number of aryl methyl sites for hydroxylation is 3. The lowest BCUT2D eigenvalue weighted by atomic mass is 9.78. The van der Waals surface area contributed by atoms with Crippen LogP contribution >= 0.6 is 0 Å². The number of nitrogens with one attached hydrogen (secondary N) is 1. The van der Waals surface area contributed by atoms with E-state index in [1.54, 1.807) is 46.8 Å². The summed E-state index contributed by atoms with van der Waals surface area (Å²) in [6.45, 7) is 24.0. The number of fused-ring (bicyclic) bond motifs is 14. The van der Waals surface area contributed by atoms with E-state index >= 15 is 0 Å². The Balaban J connectivity index is 1.52. The Labute approximate surface area is 421 Å². The molecule has 17 nitrogen and oxygen atoms in total. The number of anilines is 2. The molecule has 0 aliphatic carbocycles. The van der Waals surface area contributed by atoms with Gasteiger partial charge in [-0.3, -0.25) is 28.9 Å². The third-order valence-corrected chi connectivity index (χ3v) is 14.4. The Hall–Kier alpha value is -6.59. The highest BCUT2D eigenvalue weighted by Gasteiger charge is 2.50. The molecular weight excluding hydrogens is 927 g/mol. The first kappa shape index (κ1) is 54.7. The molecule has 5 bridgehead atoms. The van der Waals surface area contributed by atoms with Crippen LogP contribution in [0.2, 0.25) is 0 Å². The van der Waals surface area contributed by atoms with Crippen LogP contribution in [0, 0.1) is 51.4 Å². The number of aromatic hydroxyl groups is 3. The highest BCUT2D eigenvalue weighted by molar-refractivity contribution is 6.23. The molecule has 1 fully saturated rings. The normalized spacial score (nSPS) is 28.1. The van der Waals surface area contributed by atoms with Gasteiger partial charge in [-0.2, -0.15) is 0 Å². The van der Waals surface area contributed by atoms with Gasteiger partial charge in [-0.1, -0.05) is 63.6 Å². The average Bonchev–Trinajstić information content (AvgIpc) is 3.57. The van der Waals surface area contributed by atoms with Crippen LogP contribution in [-0.4, -0.2) is 113 Å². The quantitative estimate of drug-likeness (QED) is 0.0759. The molecule has 1 saturated heterocycles. The fraction of sp³-hybridized carbons (Fsp3) is 0.509. The van der Waals surface area contributed by atoms with Crippen LogP contribution in [0.3, 0.4) is 0 Å². The summed E-state index contributed by atoms with van der Waals surface area (Å²) in [6, 6.07) is 4.32. The van der Waals surface area contributed by atoms with E-state index < -0.39 is 101 Å². The molecule has 7 rings (SSSR count). The number of phenolic OH excluding ortho intramolecular Hbond substituents is 3. The molecule has 4 aliphatic rings. The van der Waals surface area contributed by atoms with Crippen LogP contribution in [0.4, 0.5) is 11.4 Å². The highest BCUT2D eigenvalue weighted by atomic mass is 16.7. The van der Waals surface area contributed by atoms with Crippen molar-refractivity contribution >= 4 is 51.7 Å². The lowest BCUT2D eigenvalue weighted by molar-refractivity contribution is -0.175. The molecule has 4 aliphatic heterocycles. The van der Waals surface area contributed by atoms with Gasteiger partial charge >= 0.3 is 23.7 Å². The lowest BCUT2D eigenvalue weighted by Gasteiger charge is -2.40. The SMILES string of the molecule is COC1/C=C/OC2(C)Oc3c(C)c(O)c4c(O)c(c(N5CCN(Cc6c(C)cc(C)cc6C)CC5)c(O)c4c3C2=O)NC(=O)/C(C)=C\C=C\C(C)C(OC(C)=O)C(C)C(OC(C)=O)C(C)C(OC(C)=O)C1C. The van der Waals surface area contributed by atoms with Crippen LogP contribution in [0.1, 0.15) is 100 Å². The van der Waals surface area contributed by atoms with Gasteiger partial charge < -0.3 is 54.0 Å². The summed E-state index contributed by atoms with van der Waals surface area (Å²) in [4.78, 5) is 71.4. The van der Waals surface area contributed by atoms with E-state index in [4.69, 9.17) is 28.4 Å². The second kappa shape index (κ2) is 22.0. The van der Waals surface area contributed by atoms with Crippen molar-refractivity contribution in [3.8, 4) is 23.0 Å². The molecule has 0 spiro atoms. The van der Waals surface area contributed by atoms with Crippen LogP contribution < -0.4 is 15.0 Å². The summed E-state index contributed by atoms with van der Waals surface area (Å²) in [5, 5.41) is 39.1. The van der Waals surface area contributed by atoms with Crippen molar-refractivity contribution in [2.45, 2.75) is 127 Å². The van der Waals surface area contributed by atoms with Crippen molar-refractivity contribution in [1.82, 2.24) is 4.90 Å². The maximum Gasteiger partial charge on any atom is 0.312 e. The summed E-state index contributed by atoms with van der Waals surface area (Å²) < 4.78 is 36.1. The van der Waals surface area contributed by atoms with Crippen LogP contribution in [0.15, 0.2) is 48.3 Å². The molecule has 17 heteroatoms. The van der Waals surface area contributed by atoms with Gasteiger partial charge in [0.25, 0.3) is 11.7 Å². The number of esters is 3. The van der Waals surface area contributed by atoms with Gasteiger partial charge in [0.2, 0.25) is 0 Å². The summed E-state index contributed by atoms with van der Waals surface area (Å²) in [6.07, 6.45) is 3.89. The molecule has 1 amide bonds. The number of allylic oxidation sites excluding steroid dienone is 2. The zero-order valence-corrected chi connectivity index (χ0v) is 43.9. The van der Waals surface area contributed by atoms with E-state index in [0.717, 1.165) is 0 Å². The number of amides is 1. The van der Waals surface area contributed by atoms with Gasteiger partial charge in [0.15, 0.2) is 5.75 Å². The van der Waals surface area contributed by atoms with Gasteiger partial charge in [-0.25, -0.2) is 0 Å².